The molecule has 0 radical (unpaired) electrons. The normalized spacial score (nSPS) is 15.8. The van der Waals surface area contributed by atoms with Crippen molar-refractivity contribution in [3.8, 4) is 11.5 Å². The standard InChI is InChI=1S/C23H24N2O5S/c1-4-15(2)30-19-8-6-5-7-16(19)13-20-22(27)25(23(28)31-20)14-21(26)24-17-9-11-18(29-3)12-10-17/h5-13,15H,4,14H2,1-3H3,(H,24,26)/b20-13+/t15-/m0/s1. The first kappa shape index (κ1) is 22.4. The maximum atomic E-state index is 12.8. The van der Waals surface area contributed by atoms with Crippen molar-refractivity contribution in [2.24, 2.45) is 0 Å². The van der Waals surface area contributed by atoms with E-state index in [1.165, 1.54) is 0 Å². The lowest BCUT2D eigenvalue weighted by atomic mass is 10.1. The van der Waals surface area contributed by atoms with Crippen molar-refractivity contribution in [2.45, 2.75) is 26.4 Å². The zero-order chi connectivity index (χ0) is 22.4. The van der Waals surface area contributed by atoms with Gasteiger partial charge in [0.1, 0.15) is 18.0 Å². The summed E-state index contributed by atoms with van der Waals surface area (Å²) < 4.78 is 11.0. The molecule has 3 rings (SSSR count). The third-order valence-corrected chi connectivity index (χ3v) is 5.57. The Morgan fingerprint density at radius 1 is 1.16 bits per heavy atom. The quantitative estimate of drug-likeness (QED) is 0.607. The van der Waals surface area contributed by atoms with Crippen LogP contribution in [-0.4, -0.2) is 41.7 Å². The molecule has 0 bridgehead atoms. The van der Waals surface area contributed by atoms with Gasteiger partial charge < -0.3 is 14.8 Å². The highest BCUT2D eigenvalue weighted by atomic mass is 32.2. The second-order valence-electron chi connectivity index (χ2n) is 6.92. The molecule has 0 aliphatic carbocycles. The number of anilines is 1. The van der Waals surface area contributed by atoms with E-state index in [1.807, 2.05) is 38.1 Å². The van der Waals surface area contributed by atoms with Gasteiger partial charge in [0.15, 0.2) is 0 Å². The van der Waals surface area contributed by atoms with Crippen molar-refractivity contribution in [2.75, 3.05) is 19.0 Å². The van der Waals surface area contributed by atoms with E-state index in [2.05, 4.69) is 5.32 Å². The molecule has 1 fully saturated rings. The topological polar surface area (TPSA) is 84.9 Å². The Morgan fingerprint density at radius 3 is 2.55 bits per heavy atom. The summed E-state index contributed by atoms with van der Waals surface area (Å²) in [6, 6.07) is 14.1. The van der Waals surface area contributed by atoms with Gasteiger partial charge >= 0.3 is 0 Å². The number of thioether (sulfide) groups is 1. The number of imide groups is 1. The minimum atomic E-state index is -0.502. The fourth-order valence-electron chi connectivity index (χ4n) is 2.80. The molecular formula is C23H24N2O5S. The molecule has 31 heavy (non-hydrogen) atoms. The van der Waals surface area contributed by atoms with Gasteiger partial charge in [0.25, 0.3) is 11.1 Å². The average molecular weight is 441 g/mol. The van der Waals surface area contributed by atoms with Gasteiger partial charge in [-0.05, 0) is 61.5 Å². The molecule has 0 saturated carbocycles. The van der Waals surface area contributed by atoms with Crippen molar-refractivity contribution in [3.05, 3.63) is 59.0 Å². The average Bonchev–Trinajstić information content (AvgIpc) is 3.02. The number of carbonyl (C=O) groups is 3. The number of ether oxygens (including phenoxy) is 2. The fraction of sp³-hybridized carbons (Fsp3) is 0.261. The number of methoxy groups -OCH3 is 1. The van der Waals surface area contributed by atoms with Crippen molar-refractivity contribution in [3.63, 3.8) is 0 Å². The number of rotatable bonds is 8. The Kier molecular flexibility index (Phi) is 7.36. The van der Waals surface area contributed by atoms with E-state index in [4.69, 9.17) is 9.47 Å². The fourth-order valence-corrected chi connectivity index (χ4v) is 3.63. The Labute approximate surface area is 185 Å². The summed E-state index contributed by atoms with van der Waals surface area (Å²) in [5.74, 6) is 0.333. The minimum absolute atomic E-state index is 0.0197. The van der Waals surface area contributed by atoms with Crippen molar-refractivity contribution in [1.82, 2.24) is 4.90 Å². The van der Waals surface area contributed by atoms with Crippen LogP contribution in [0.1, 0.15) is 25.8 Å². The molecular weight excluding hydrogens is 416 g/mol. The van der Waals surface area contributed by atoms with Crippen LogP contribution in [0.5, 0.6) is 11.5 Å². The van der Waals surface area contributed by atoms with Crippen LogP contribution in [0.4, 0.5) is 10.5 Å². The molecule has 8 heteroatoms. The molecule has 2 aromatic rings. The van der Waals surface area contributed by atoms with E-state index in [9.17, 15) is 14.4 Å². The lowest BCUT2D eigenvalue weighted by molar-refractivity contribution is -0.127. The number of benzene rings is 2. The number of carbonyl (C=O) groups excluding carboxylic acids is 3. The van der Waals surface area contributed by atoms with E-state index in [1.54, 1.807) is 37.5 Å². The molecule has 0 spiro atoms. The summed E-state index contributed by atoms with van der Waals surface area (Å²) in [4.78, 5) is 38.7. The molecule has 1 saturated heterocycles. The highest BCUT2D eigenvalue weighted by Gasteiger charge is 2.36. The Hall–Kier alpha value is -3.26. The largest absolute Gasteiger partial charge is 0.497 e. The minimum Gasteiger partial charge on any atom is -0.497 e. The van der Waals surface area contributed by atoms with E-state index in [0.717, 1.165) is 23.1 Å². The molecule has 7 nitrogen and oxygen atoms in total. The number of hydrogen-bond donors (Lipinski definition) is 1. The molecule has 2 aromatic carbocycles. The second kappa shape index (κ2) is 10.2. The summed E-state index contributed by atoms with van der Waals surface area (Å²) in [7, 11) is 1.55. The highest BCUT2D eigenvalue weighted by molar-refractivity contribution is 8.18. The zero-order valence-electron chi connectivity index (χ0n) is 17.6. The number of para-hydroxylation sites is 1. The number of nitrogens with zero attached hydrogens (tertiary/aromatic N) is 1. The maximum absolute atomic E-state index is 12.8. The predicted molar refractivity (Wildman–Crippen MR) is 121 cm³/mol. The molecule has 3 amide bonds. The molecule has 1 heterocycles. The monoisotopic (exact) mass is 440 g/mol. The van der Waals surface area contributed by atoms with E-state index >= 15 is 0 Å². The van der Waals surface area contributed by atoms with Gasteiger partial charge in [-0.1, -0.05) is 25.1 Å². The van der Waals surface area contributed by atoms with Crippen LogP contribution in [0.3, 0.4) is 0 Å². The number of amides is 3. The highest BCUT2D eigenvalue weighted by Crippen LogP contribution is 2.34. The Bertz CT molecular complexity index is 1000. The van der Waals surface area contributed by atoms with Crippen LogP contribution >= 0.6 is 11.8 Å². The predicted octanol–water partition coefficient (Wildman–Crippen LogP) is 4.55. The summed E-state index contributed by atoms with van der Waals surface area (Å²) >= 11 is 0.810. The van der Waals surface area contributed by atoms with E-state index < -0.39 is 17.1 Å². The number of nitrogens with one attached hydrogen (secondary N) is 1. The van der Waals surface area contributed by atoms with Crippen LogP contribution in [-0.2, 0) is 9.59 Å². The lowest BCUT2D eigenvalue weighted by Gasteiger charge is -2.15. The third-order valence-electron chi connectivity index (χ3n) is 4.66. The van der Waals surface area contributed by atoms with Gasteiger partial charge in [0.05, 0.1) is 18.1 Å². The first-order valence-electron chi connectivity index (χ1n) is 9.86. The maximum Gasteiger partial charge on any atom is 0.294 e. The summed E-state index contributed by atoms with van der Waals surface area (Å²) in [5, 5.41) is 2.19. The molecule has 1 aliphatic heterocycles. The Morgan fingerprint density at radius 2 is 1.87 bits per heavy atom. The molecule has 162 valence electrons. The van der Waals surface area contributed by atoms with Gasteiger partial charge in [-0.15, -0.1) is 0 Å². The second-order valence-corrected chi connectivity index (χ2v) is 7.91. The van der Waals surface area contributed by atoms with Gasteiger partial charge in [-0.25, -0.2) is 0 Å². The summed E-state index contributed by atoms with van der Waals surface area (Å²) in [5.41, 5.74) is 1.25. The SMILES string of the molecule is CC[C@H](C)Oc1ccccc1/C=C1/SC(=O)N(CC(=O)Nc2ccc(OC)cc2)C1=O. The molecule has 1 N–H and O–H groups in total. The molecule has 1 atom stereocenters. The zero-order valence-corrected chi connectivity index (χ0v) is 18.4. The van der Waals surface area contributed by atoms with Gasteiger partial charge in [0, 0.05) is 11.3 Å². The lowest BCUT2D eigenvalue weighted by Crippen LogP contribution is -2.36. The molecule has 0 aromatic heterocycles. The van der Waals surface area contributed by atoms with Crippen LogP contribution in [0, 0.1) is 0 Å². The third kappa shape index (κ3) is 5.67. The number of hydrogen-bond acceptors (Lipinski definition) is 6. The molecule has 0 unspecified atom stereocenters. The van der Waals surface area contributed by atoms with Gasteiger partial charge in [-0.2, -0.15) is 0 Å². The van der Waals surface area contributed by atoms with Crippen LogP contribution in [0.25, 0.3) is 6.08 Å². The van der Waals surface area contributed by atoms with Crippen LogP contribution < -0.4 is 14.8 Å². The molecule has 1 aliphatic rings. The van der Waals surface area contributed by atoms with Crippen molar-refractivity contribution in [1.29, 1.82) is 0 Å². The van der Waals surface area contributed by atoms with Crippen molar-refractivity contribution >= 4 is 40.6 Å². The first-order valence-corrected chi connectivity index (χ1v) is 10.7. The summed E-state index contributed by atoms with van der Waals surface area (Å²) in [6.45, 7) is 3.63. The van der Waals surface area contributed by atoms with Crippen LogP contribution in [0.15, 0.2) is 53.4 Å². The van der Waals surface area contributed by atoms with Gasteiger partial charge in [0.2, 0.25) is 5.91 Å². The van der Waals surface area contributed by atoms with Crippen LogP contribution in [0.2, 0.25) is 0 Å². The Balaban J connectivity index is 1.70. The van der Waals surface area contributed by atoms with E-state index in [0.29, 0.717) is 22.7 Å². The smallest absolute Gasteiger partial charge is 0.294 e. The van der Waals surface area contributed by atoms with Crippen molar-refractivity contribution < 1.29 is 23.9 Å². The summed E-state index contributed by atoms with van der Waals surface area (Å²) in [6.07, 6.45) is 2.49. The first-order chi connectivity index (χ1) is 14.9. The van der Waals surface area contributed by atoms with Gasteiger partial charge in [-0.3, -0.25) is 19.3 Å². The van der Waals surface area contributed by atoms with E-state index in [-0.39, 0.29) is 17.6 Å².